The molecule has 2 aromatic carbocycles. The molecular weight excluding hydrogens is 356 g/mol. The molecule has 0 unspecified atom stereocenters. The standard InChI is InChI=1S/C18H18F4O4/c19-13-7-11(9-15(23)17(13)21)25-5-3-1-2-4-6-26-12-8-14(20)18(22)16(24)10-12/h7-10,23-24H,1-6H2. The first-order chi connectivity index (χ1) is 12.4. The van der Waals surface area contributed by atoms with Gasteiger partial charge in [0.1, 0.15) is 11.5 Å². The number of hydrogen-bond acceptors (Lipinski definition) is 4. The molecule has 2 N–H and O–H groups in total. The molecule has 0 saturated heterocycles. The van der Waals surface area contributed by atoms with Gasteiger partial charge in [0.2, 0.25) is 11.6 Å². The Morgan fingerprint density at radius 1 is 0.615 bits per heavy atom. The van der Waals surface area contributed by atoms with Gasteiger partial charge < -0.3 is 19.7 Å². The predicted molar refractivity (Wildman–Crippen MR) is 85.5 cm³/mol. The van der Waals surface area contributed by atoms with Crippen LogP contribution in [-0.2, 0) is 0 Å². The molecule has 0 atom stereocenters. The maximum Gasteiger partial charge on any atom is 0.200 e. The molecule has 0 saturated carbocycles. The highest BCUT2D eigenvalue weighted by Crippen LogP contribution is 2.26. The molecule has 0 bridgehead atoms. The van der Waals surface area contributed by atoms with Gasteiger partial charge in [0, 0.05) is 24.3 Å². The maximum atomic E-state index is 13.1. The Kier molecular flexibility index (Phi) is 6.94. The van der Waals surface area contributed by atoms with Crippen molar-refractivity contribution in [3.63, 3.8) is 0 Å². The lowest BCUT2D eigenvalue weighted by atomic mass is 10.2. The second kappa shape index (κ2) is 9.17. The van der Waals surface area contributed by atoms with Crippen molar-refractivity contribution in [3.8, 4) is 23.0 Å². The van der Waals surface area contributed by atoms with E-state index in [9.17, 15) is 17.6 Å². The lowest BCUT2D eigenvalue weighted by Crippen LogP contribution is -2.01. The molecule has 8 heteroatoms. The van der Waals surface area contributed by atoms with E-state index < -0.39 is 34.8 Å². The molecule has 2 aromatic rings. The number of halogens is 4. The van der Waals surface area contributed by atoms with Crippen LogP contribution in [0.25, 0.3) is 0 Å². The van der Waals surface area contributed by atoms with Crippen LogP contribution in [0.3, 0.4) is 0 Å². The summed E-state index contributed by atoms with van der Waals surface area (Å²) in [7, 11) is 0. The van der Waals surface area contributed by atoms with Crippen molar-refractivity contribution in [1.29, 1.82) is 0 Å². The zero-order valence-electron chi connectivity index (χ0n) is 13.8. The zero-order valence-corrected chi connectivity index (χ0v) is 13.8. The van der Waals surface area contributed by atoms with E-state index in [1.807, 2.05) is 0 Å². The number of unbranched alkanes of at least 4 members (excludes halogenated alkanes) is 3. The first-order valence-electron chi connectivity index (χ1n) is 8.00. The molecule has 26 heavy (non-hydrogen) atoms. The van der Waals surface area contributed by atoms with Gasteiger partial charge in [0.05, 0.1) is 13.2 Å². The number of rotatable bonds is 9. The number of benzene rings is 2. The minimum atomic E-state index is -1.31. The van der Waals surface area contributed by atoms with Crippen molar-refractivity contribution in [3.05, 3.63) is 47.5 Å². The summed E-state index contributed by atoms with van der Waals surface area (Å²) in [5, 5.41) is 18.3. The van der Waals surface area contributed by atoms with Crippen LogP contribution in [0, 0.1) is 23.3 Å². The Labute approximate surface area is 147 Å². The lowest BCUT2D eigenvalue weighted by molar-refractivity contribution is 0.282. The molecule has 0 aliphatic carbocycles. The Bertz CT molecular complexity index is 642. The van der Waals surface area contributed by atoms with Crippen LogP contribution in [0.2, 0.25) is 0 Å². The van der Waals surface area contributed by atoms with Crippen molar-refractivity contribution in [1.82, 2.24) is 0 Å². The maximum absolute atomic E-state index is 13.1. The fourth-order valence-corrected chi connectivity index (χ4v) is 2.21. The van der Waals surface area contributed by atoms with Crippen LogP contribution in [0.5, 0.6) is 23.0 Å². The van der Waals surface area contributed by atoms with E-state index in [1.54, 1.807) is 0 Å². The summed E-state index contributed by atoms with van der Waals surface area (Å²) in [6, 6.07) is 3.73. The van der Waals surface area contributed by atoms with Crippen LogP contribution in [0.1, 0.15) is 25.7 Å². The molecular formula is C18H18F4O4. The Morgan fingerprint density at radius 2 is 1.00 bits per heavy atom. The van der Waals surface area contributed by atoms with E-state index in [0.717, 1.165) is 37.1 Å². The highest BCUT2D eigenvalue weighted by Gasteiger charge is 2.11. The van der Waals surface area contributed by atoms with Crippen LogP contribution in [0.15, 0.2) is 24.3 Å². The van der Waals surface area contributed by atoms with E-state index in [4.69, 9.17) is 19.7 Å². The molecule has 0 spiro atoms. The highest BCUT2D eigenvalue weighted by molar-refractivity contribution is 5.35. The average Bonchev–Trinajstić information content (AvgIpc) is 2.59. The summed E-state index contributed by atoms with van der Waals surface area (Å²) in [6.45, 7) is 0.533. The Morgan fingerprint density at radius 3 is 1.35 bits per heavy atom. The van der Waals surface area contributed by atoms with Crippen molar-refractivity contribution >= 4 is 0 Å². The minimum Gasteiger partial charge on any atom is -0.505 e. The Hall–Kier alpha value is -2.64. The zero-order chi connectivity index (χ0) is 19.1. The fourth-order valence-electron chi connectivity index (χ4n) is 2.21. The molecule has 0 amide bonds. The van der Waals surface area contributed by atoms with Gasteiger partial charge in [0.25, 0.3) is 0 Å². The minimum absolute atomic E-state index is 0.0443. The Balaban J connectivity index is 1.60. The summed E-state index contributed by atoms with van der Waals surface area (Å²) in [5.41, 5.74) is 0. The fraction of sp³-hybridized carbons (Fsp3) is 0.333. The van der Waals surface area contributed by atoms with E-state index in [2.05, 4.69) is 0 Å². The van der Waals surface area contributed by atoms with Gasteiger partial charge in [-0.2, -0.15) is 8.78 Å². The van der Waals surface area contributed by atoms with E-state index >= 15 is 0 Å². The highest BCUT2D eigenvalue weighted by atomic mass is 19.2. The molecule has 0 aliphatic rings. The quantitative estimate of drug-likeness (QED) is 0.495. The molecule has 0 fully saturated rings. The van der Waals surface area contributed by atoms with Gasteiger partial charge in [0.15, 0.2) is 23.1 Å². The average molecular weight is 374 g/mol. The molecule has 0 heterocycles. The van der Waals surface area contributed by atoms with E-state index in [1.165, 1.54) is 0 Å². The third-order valence-electron chi connectivity index (χ3n) is 3.54. The molecule has 0 aromatic heterocycles. The molecule has 142 valence electrons. The molecule has 4 nitrogen and oxygen atoms in total. The smallest absolute Gasteiger partial charge is 0.200 e. The van der Waals surface area contributed by atoms with Gasteiger partial charge in [-0.3, -0.25) is 0 Å². The second-order valence-corrected chi connectivity index (χ2v) is 5.59. The third kappa shape index (κ3) is 5.44. The van der Waals surface area contributed by atoms with Gasteiger partial charge in [-0.1, -0.05) is 0 Å². The predicted octanol–water partition coefficient (Wildman–Crippen LogP) is 4.67. The number of phenols is 2. The van der Waals surface area contributed by atoms with Crippen LogP contribution < -0.4 is 9.47 Å². The van der Waals surface area contributed by atoms with Gasteiger partial charge in [-0.25, -0.2) is 8.78 Å². The number of hydrogen-bond donors (Lipinski definition) is 2. The normalized spacial score (nSPS) is 10.8. The van der Waals surface area contributed by atoms with E-state index in [-0.39, 0.29) is 24.7 Å². The first kappa shape index (κ1) is 19.7. The summed E-state index contributed by atoms with van der Waals surface area (Å²) >= 11 is 0. The number of aromatic hydroxyl groups is 2. The van der Waals surface area contributed by atoms with E-state index in [0.29, 0.717) is 12.8 Å². The first-order valence-corrected chi connectivity index (χ1v) is 8.00. The number of phenolic OH excluding ortho intramolecular Hbond substituents is 2. The van der Waals surface area contributed by atoms with Gasteiger partial charge in [-0.15, -0.1) is 0 Å². The topological polar surface area (TPSA) is 58.9 Å². The second-order valence-electron chi connectivity index (χ2n) is 5.59. The summed E-state index contributed by atoms with van der Waals surface area (Å²) in [5.74, 6) is -6.51. The van der Waals surface area contributed by atoms with Crippen LogP contribution in [0.4, 0.5) is 17.6 Å². The van der Waals surface area contributed by atoms with Crippen molar-refractivity contribution < 1.29 is 37.2 Å². The number of ether oxygens (including phenoxy) is 2. The third-order valence-corrected chi connectivity index (χ3v) is 3.54. The molecule has 2 rings (SSSR count). The van der Waals surface area contributed by atoms with Crippen molar-refractivity contribution in [2.45, 2.75) is 25.7 Å². The molecule has 0 radical (unpaired) electrons. The van der Waals surface area contributed by atoms with Crippen LogP contribution in [-0.4, -0.2) is 23.4 Å². The van der Waals surface area contributed by atoms with Crippen molar-refractivity contribution in [2.75, 3.05) is 13.2 Å². The summed E-state index contributed by atoms with van der Waals surface area (Å²) in [6.07, 6.45) is 2.82. The monoisotopic (exact) mass is 374 g/mol. The summed E-state index contributed by atoms with van der Waals surface area (Å²) < 4.78 is 62.4. The SMILES string of the molecule is Oc1cc(OCCCCCCOc2cc(O)c(F)c(F)c2)cc(F)c1F. The van der Waals surface area contributed by atoms with Gasteiger partial charge in [-0.05, 0) is 25.7 Å². The summed E-state index contributed by atoms with van der Waals surface area (Å²) in [4.78, 5) is 0. The lowest BCUT2D eigenvalue weighted by Gasteiger charge is -2.09. The van der Waals surface area contributed by atoms with Crippen molar-refractivity contribution in [2.24, 2.45) is 0 Å². The largest absolute Gasteiger partial charge is 0.505 e. The van der Waals surface area contributed by atoms with Gasteiger partial charge >= 0.3 is 0 Å². The van der Waals surface area contributed by atoms with Crippen LogP contribution >= 0.6 is 0 Å². The molecule has 0 aliphatic heterocycles.